The van der Waals surface area contributed by atoms with Crippen LogP contribution in [0.5, 0.6) is 11.5 Å². The van der Waals surface area contributed by atoms with Gasteiger partial charge < -0.3 is 14.8 Å². The summed E-state index contributed by atoms with van der Waals surface area (Å²) < 4.78 is 59.3. The number of rotatable bonds is 5. The Kier molecular flexibility index (Phi) is 5.58. The van der Waals surface area contributed by atoms with Gasteiger partial charge >= 0.3 is 0 Å². The van der Waals surface area contributed by atoms with Crippen molar-refractivity contribution in [2.45, 2.75) is 29.2 Å². The van der Waals surface area contributed by atoms with Gasteiger partial charge in [0, 0.05) is 25.0 Å². The second-order valence-corrected chi connectivity index (χ2v) is 10.8. The number of fused-ring (bicyclic) bond motifs is 1. The summed E-state index contributed by atoms with van der Waals surface area (Å²) in [5.41, 5.74) is 1.23. The first-order valence-corrected chi connectivity index (χ1v) is 12.5. The van der Waals surface area contributed by atoms with E-state index < -0.39 is 19.7 Å². The van der Waals surface area contributed by atoms with Gasteiger partial charge in [-0.15, -0.1) is 0 Å². The second-order valence-electron chi connectivity index (χ2n) is 6.82. The molecule has 9 heteroatoms. The van der Waals surface area contributed by atoms with E-state index in [-0.39, 0.29) is 15.8 Å². The van der Waals surface area contributed by atoms with Crippen molar-refractivity contribution in [3.8, 4) is 11.5 Å². The zero-order chi connectivity index (χ0) is 20.5. The third kappa shape index (κ3) is 4.59. The van der Waals surface area contributed by atoms with Crippen molar-refractivity contribution in [3.05, 3.63) is 42.0 Å². The Bertz CT molecular complexity index is 1090. The highest BCUT2D eigenvalue weighted by molar-refractivity contribution is 7.91. The van der Waals surface area contributed by atoms with E-state index in [9.17, 15) is 16.8 Å². The zero-order valence-electron chi connectivity index (χ0n) is 15.9. The van der Waals surface area contributed by atoms with Crippen molar-refractivity contribution in [2.24, 2.45) is 0 Å². The average molecular weight is 426 g/mol. The molecular formula is C19H23NO6S2. The zero-order valence-corrected chi connectivity index (χ0v) is 17.6. The van der Waals surface area contributed by atoms with Crippen LogP contribution in [-0.2, 0) is 19.7 Å². The van der Waals surface area contributed by atoms with Crippen LogP contribution in [0.4, 0.5) is 5.69 Å². The third-order valence-corrected chi connectivity index (χ3v) is 6.67. The molecule has 0 spiro atoms. The molecule has 2 aromatic rings. The quantitative estimate of drug-likeness (QED) is 0.786. The van der Waals surface area contributed by atoms with Gasteiger partial charge in [0.25, 0.3) is 0 Å². The molecule has 0 saturated carbocycles. The van der Waals surface area contributed by atoms with Crippen LogP contribution < -0.4 is 14.8 Å². The summed E-state index contributed by atoms with van der Waals surface area (Å²) in [7, 11) is -7.15. The normalized spacial score (nSPS) is 15.5. The van der Waals surface area contributed by atoms with Crippen molar-refractivity contribution >= 4 is 25.4 Å². The molecule has 0 amide bonds. The van der Waals surface area contributed by atoms with E-state index in [4.69, 9.17) is 9.47 Å². The van der Waals surface area contributed by atoms with Crippen LogP contribution in [0, 0.1) is 0 Å². The van der Waals surface area contributed by atoms with Gasteiger partial charge in [-0.05, 0) is 42.8 Å². The van der Waals surface area contributed by atoms with E-state index >= 15 is 0 Å². The molecule has 28 heavy (non-hydrogen) atoms. The standard InChI is InChI=1S/C19H23NO6S2/c1-13(14-5-8-17-18(11-14)26-10-4-9-25-17)20-16-7-6-15(27(2,21)22)12-19(16)28(3,23)24/h5-8,11-13,20H,4,9-10H2,1-3H3/t13-/m1/s1. The molecule has 1 heterocycles. The fraction of sp³-hybridized carbons (Fsp3) is 0.368. The first-order chi connectivity index (χ1) is 13.1. The lowest BCUT2D eigenvalue weighted by molar-refractivity contribution is 0.297. The number of nitrogens with one attached hydrogen (secondary N) is 1. The molecule has 1 aliphatic heterocycles. The van der Waals surface area contributed by atoms with Gasteiger partial charge in [-0.2, -0.15) is 0 Å². The van der Waals surface area contributed by atoms with Crippen molar-refractivity contribution in [1.82, 2.24) is 0 Å². The lowest BCUT2D eigenvalue weighted by atomic mass is 10.1. The fourth-order valence-corrected chi connectivity index (χ4v) is 4.51. The summed E-state index contributed by atoms with van der Waals surface area (Å²) in [5.74, 6) is 1.34. The number of sulfone groups is 2. The molecule has 0 radical (unpaired) electrons. The van der Waals surface area contributed by atoms with E-state index in [0.29, 0.717) is 30.4 Å². The van der Waals surface area contributed by atoms with Crippen LogP contribution in [-0.4, -0.2) is 42.6 Å². The molecule has 0 unspecified atom stereocenters. The summed E-state index contributed by atoms with van der Waals surface area (Å²) in [6.07, 6.45) is 2.90. The third-order valence-electron chi connectivity index (χ3n) is 4.42. The minimum Gasteiger partial charge on any atom is -0.490 e. The molecule has 152 valence electrons. The number of benzene rings is 2. The maximum absolute atomic E-state index is 12.2. The van der Waals surface area contributed by atoms with Crippen molar-refractivity contribution < 1.29 is 26.3 Å². The molecule has 0 saturated heterocycles. The summed E-state index contributed by atoms with van der Waals surface area (Å²) in [4.78, 5) is -0.0988. The largest absolute Gasteiger partial charge is 0.490 e. The van der Waals surface area contributed by atoms with Crippen LogP contribution in [0.3, 0.4) is 0 Å². The Hall–Kier alpha value is -2.26. The summed E-state index contributed by atoms with van der Waals surface area (Å²) in [6.45, 7) is 3.06. The van der Waals surface area contributed by atoms with Gasteiger partial charge in [-0.25, -0.2) is 16.8 Å². The molecule has 0 aliphatic carbocycles. The van der Waals surface area contributed by atoms with Gasteiger partial charge in [0.2, 0.25) is 0 Å². The van der Waals surface area contributed by atoms with Gasteiger partial charge in [0.15, 0.2) is 31.2 Å². The number of ether oxygens (including phenoxy) is 2. The van der Waals surface area contributed by atoms with E-state index in [1.165, 1.54) is 18.2 Å². The monoisotopic (exact) mass is 425 g/mol. The molecule has 0 aromatic heterocycles. The van der Waals surface area contributed by atoms with Crippen LogP contribution >= 0.6 is 0 Å². The fourth-order valence-electron chi connectivity index (χ4n) is 2.93. The van der Waals surface area contributed by atoms with E-state index in [2.05, 4.69) is 5.32 Å². The van der Waals surface area contributed by atoms with Crippen LogP contribution in [0.1, 0.15) is 24.9 Å². The lowest BCUT2D eigenvalue weighted by Gasteiger charge is -2.19. The first kappa shape index (κ1) is 20.5. The molecule has 3 rings (SSSR count). The number of hydrogen-bond donors (Lipinski definition) is 1. The molecule has 2 aromatic carbocycles. The Morgan fingerprint density at radius 1 is 0.893 bits per heavy atom. The average Bonchev–Trinajstić information content (AvgIpc) is 2.84. The topological polar surface area (TPSA) is 98.8 Å². The summed E-state index contributed by atoms with van der Waals surface area (Å²) in [5, 5.41) is 3.16. The van der Waals surface area contributed by atoms with Gasteiger partial charge in [-0.3, -0.25) is 0 Å². The maximum atomic E-state index is 12.2. The molecule has 1 N–H and O–H groups in total. The Balaban J connectivity index is 1.94. The SMILES string of the molecule is C[C@@H](Nc1ccc(S(C)(=O)=O)cc1S(C)(=O)=O)c1ccc2c(c1)OCCCO2. The van der Waals surface area contributed by atoms with E-state index in [0.717, 1.165) is 24.5 Å². The van der Waals surface area contributed by atoms with Crippen molar-refractivity contribution in [1.29, 1.82) is 0 Å². The minimum absolute atomic E-state index is 0.0401. The Labute approximate surface area is 165 Å². The summed E-state index contributed by atoms with van der Waals surface area (Å²) >= 11 is 0. The van der Waals surface area contributed by atoms with Crippen LogP contribution in [0.25, 0.3) is 0 Å². The van der Waals surface area contributed by atoms with Gasteiger partial charge in [0.05, 0.1) is 28.7 Å². The van der Waals surface area contributed by atoms with Crippen molar-refractivity contribution in [2.75, 3.05) is 31.0 Å². The molecule has 1 aliphatic rings. The second kappa shape index (κ2) is 7.63. The van der Waals surface area contributed by atoms with Gasteiger partial charge in [-0.1, -0.05) is 6.07 Å². The smallest absolute Gasteiger partial charge is 0.177 e. The minimum atomic E-state index is -3.63. The lowest BCUT2D eigenvalue weighted by Crippen LogP contribution is -2.12. The molecule has 0 fully saturated rings. The molecule has 7 nitrogen and oxygen atoms in total. The Morgan fingerprint density at radius 3 is 2.21 bits per heavy atom. The first-order valence-electron chi connectivity index (χ1n) is 8.76. The summed E-state index contributed by atoms with van der Waals surface area (Å²) in [6, 6.07) is 9.40. The predicted molar refractivity (Wildman–Crippen MR) is 107 cm³/mol. The Morgan fingerprint density at radius 2 is 1.57 bits per heavy atom. The van der Waals surface area contributed by atoms with E-state index in [1.807, 2.05) is 25.1 Å². The highest BCUT2D eigenvalue weighted by Crippen LogP contribution is 2.34. The van der Waals surface area contributed by atoms with E-state index in [1.54, 1.807) is 0 Å². The van der Waals surface area contributed by atoms with Gasteiger partial charge in [0.1, 0.15) is 0 Å². The highest BCUT2D eigenvalue weighted by atomic mass is 32.2. The molecular weight excluding hydrogens is 402 g/mol. The molecule has 0 bridgehead atoms. The van der Waals surface area contributed by atoms with Crippen LogP contribution in [0.15, 0.2) is 46.2 Å². The highest BCUT2D eigenvalue weighted by Gasteiger charge is 2.20. The van der Waals surface area contributed by atoms with Crippen molar-refractivity contribution in [3.63, 3.8) is 0 Å². The number of anilines is 1. The maximum Gasteiger partial charge on any atom is 0.177 e. The van der Waals surface area contributed by atoms with Crippen LogP contribution in [0.2, 0.25) is 0 Å². The predicted octanol–water partition coefficient (Wildman–Crippen LogP) is 2.83. The number of hydrogen-bond acceptors (Lipinski definition) is 7. The molecule has 1 atom stereocenters.